The van der Waals surface area contributed by atoms with Crippen molar-refractivity contribution in [1.29, 1.82) is 0 Å². The first kappa shape index (κ1) is 11.2. The third-order valence-corrected chi connectivity index (χ3v) is 1.75. The van der Waals surface area contributed by atoms with Gasteiger partial charge in [0.2, 0.25) is 0 Å². The minimum Gasteiger partial charge on any atom is -0.0991 e. The lowest BCUT2D eigenvalue weighted by Crippen LogP contribution is -1.87. The molecule has 0 heterocycles. The number of hydrogen-bond acceptors (Lipinski definition) is 0. The van der Waals surface area contributed by atoms with Crippen molar-refractivity contribution in [2.45, 2.75) is 33.6 Å². The van der Waals surface area contributed by atoms with E-state index in [9.17, 15) is 0 Å². The molecule has 0 saturated carbocycles. The molecule has 0 aromatic carbocycles. The van der Waals surface area contributed by atoms with Crippen molar-refractivity contribution in [3.8, 4) is 0 Å². The summed E-state index contributed by atoms with van der Waals surface area (Å²) in [5.74, 6) is 0.665. The first-order valence-electron chi connectivity index (χ1n) is 4.59. The van der Waals surface area contributed by atoms with Crippen LogP contribution < -0.4 is 0 Å². The average molecular weight is 164 g/mol. The van der Waals surface area contributed by atoms with Gasteiger partial charge >= 0.3 is 0 Å². The van der Waals surface area contributed by atoms with E-state index in [1.807, 2.05) is 12.2 Å². The van der Waals surface area contributed by atoms with Crippen LogP contribution >= 0.6 is 0 Å². The Morgan fingerprint density at radius 2 is 2.08 bits per heavy atom. The Bertz CT molecular complexity index is 168. The molecule has 0 bridgehead atoms. The van der Waals surface area contributed by atoms with E-state index < -0.39 is 0 Å². The fourth-order valence-corrected chi connectivity index (χ4v) is 0.999. The molecule has 12 heavy (non-hydrogen) atoms. The molecular formula is C12H20. The maximum Gasteiger partial charge on any atom is -0.0256 e. The van der Waals surface area contributed by atoms with Gasteiger partial charge in [0.15, 0.2) is 0 Å². The highest BCUT2D eigenvalue weighted by Gasteiger charge is 1.93. The summed E-state index contributed by atoms with van der Waals surface area (Å²) in [5, 5.41) is 0. The van der Waals surface area contributed by atoms with E-state index in [1.165, 1.54) is 18.4 Å². The minimum absolute atomic E-state index is 0.665. The van der Waals surface area contributed by atoms with E-state index in [4.69, 9.17) is 0 Å². The van der Waals surface area contributed by atoms with Crippen molar-refractivity contribution >= 4 is 0 Å². The van der Waals surface area contributed by atoms with Gasteiger partial charge in [-0.1, -0.05) is 43.4 Å². The molecule has 0 nitrogen and oxygen atoms in total. The third kappa shape index (κ3) is 7.33. The number of rotatable bonds is 5. The zero-order chi connectivity index (χ0) is 9.40. The van der Waals surface area contributed by atoms with Crippen molar-refractivity contribution < 1.29 is 0 Å². The quantitative estimate of drug-likeness (QED) is 0.423. The molecule has 0 aliphatic carbocycles. The minimum atomic E-state index is 0.665. The largest absolute Gasteiger partial charge is 0.0991 e. The van der Waals surface area contributed by atoms with Gasteiger partial charge in [-0.3, -0.25) is 0 Å². The zero-order valence-electron chi connectivity index (χ0n) is 8.51. The van der Waals surface area contributed by atoms with Gasteiger partial charge in [0.1, 0.15) is 0 Å². The van der Waals surface area contributed by atoms with Gasteiger partial charge in [0, 0.05) is 0 Å². The summed E-state index contributed by atoms with van der Waals surface area (Å²) in [6, 6.07) is 0. The predicted molar refractivity (Wildman–Crippen MR) is 57.2 cm³/mol. The SMILES string of the molecule is C=C/C=C/C(C)CCC=C(C)C. The molecule has 0 fully saturated rings. The Hall–Kier alpha value is -0.780. The van der Waals surface area contributed by atoms with Crippen LogP contribution in [0.2, 0.25) is 0 Å². The van der Waals surface area contributed by atoms with Gasteiger partial charge in [-0.15, -0.1) is 0 Å². The van der Waals surface area contributed by atoms with Gasteiger partial charge in [0.05, 0.1) is 0 Å². The first-order chi connectivity index (χ1) is 5.66. The van der Waals surface area contributed by atoms with Crippen LogP contribution in [0.3, 0.4) is 0 Å². The molecule has 0 aliphatic heterocycles. The standard InChI is InChI=1S/C12H20/c1-5-6-9-12(4)10-7-8-11(2)3/h5-6,8-9,12H,1,7,10H2,2-4H3/b9-6+. The van der Waals surface area contributed by atoms with Crippen LogP contribution in [0.15, 0.2) is 36.5 Å². The monoisotopic (exact) mass is 164 g/mol. The Labute approximate surface area is 76.7 Å². The molecule has 0 heteroatoms. The summed E-state index contributed by atoms with van der Waals surface area (Å²) in [6.07, 6.45) is 10.8. The molecule has 0 radical (unpaired) electrons. The second-order valence-corrected chi connectivity index (χ2v) is 3.46. The van der Waals surface area contributed by atoms with Crippen LogP contribution in [-0.4, -0.2) is 0 Å². The topological polar surface area (TPSA) is 0 Å². The molecule has 0 rings (SSSR count). The van der Waals surface area contributed by atoms with E-state index >= 15 is 0 Å². The van der Waals surface area contributed by atoms with E-state index in [-0.39, 0.29) is 0 Å². The van der Waals surface area contributed by atoms with Gasteiger partial charge < -0.3 is 0 Å². The normalized spacial score (nSPS) is 12.9. The van der Waals surface area contributed by atoms with Crippen molar-refractivity contribution in [3.05, 3.63) is 36.5 Å². The summed E-state index contributed by atoms with van der Waals surface area (Å²) < 4.78 is 0. The highest BCUT2D eigenvalue weighted by Crippen LogP contribution is 2.08. The predicted octanol–water partition coefficient (Wildman–Crippen LogP) is 4.11. The summed E-state index contributed by atoms with van der Waals surface area (Å²) in [5.41, 5.74) is 1.41. The molecule has 0 aliphatic rings. The fraction of sp³-hybridized carbons (Fsp3) is 0.500. The van der Waals surface area contributed by atoms with Crippen LogP contribution in [0, 0.1) is 5.92 Å². The summed E-state index contributed by atoms with van der Waals surface area (Å²) in [7, 11) is 0. The zero-order valence-corrected chi connectivity index (χ0v) is 8.51. The molecule has 68 valence electrons. The van der Waals surface area contributed by atoms with Gasteiger partial charge in [-0.25, -0.2) is 0 Å². The second-order valence-electron chi connectivity index (χ2n) is 3.46. The molecule has 0 aromatic rings. The lowest BCUT2D eigenvalue weighted by atomic mass is 10.0. The van der Waals surface area contributed by atoms with Crippen molar-refractivity contribution in [1.82, 2.24) is 0 Å². The van der Waals surface area contributed by atoms with Gasteiger partial charge in [-0.05, 0) is 32.6 Å². The van der Waals surface area contributed by atoms with Crippen LogP contribution in [0.25, 0.3) is 0 Å². The summed E-state index contributed by atoms with van der Waals surface area (Å²) in [4.78, 5) is 0. The molecule has 0 spiro atoms. The lowest BCUT2D eigenvalue weighted by molar-refractivity contribution is 0.656. The molecule has 0 N–H and O–H groups in total. The Morgan fingerprint density at radius 3 is 2.58 bits per heavy atom. The van der Waals surface area contributed by atoms with Gasteiger partial charge in [0.25, 0.3) is 0 Å². The second kappa shape index (κ2) is 6.90. The molecule has 0 aromatic heterocycles. The first-order valence-corrected chi connectivity index (χ1v) is 4.59. The van der Waals surface area contributed by atoms with E-state index in [2.05, 4.69) is 39.5 Å². The molecule has 0 saturated heterocycles. The van der Waals surface area contributed by atoms with Crippen molar-refractivity contribution in [2.75, 3.05) is 0 Å². The maximum absolute atomic E-state index is 3.64. The van der Waals surface area contributed by atoms with Crippen molar-refractivity contribution in [3.63, 3.8) is 0 Å². The summed E-state index contributed by atoms with van der Waals surface area (Å²) in [6.45, 7) is 10.2. The van der Waals surface area contributed by atoms with Crippen LogP contribution in [0.4, 0.5) is 0 Å². The summed E-state index contributed by atoms with van der Waals surface area (Å²) >= 11 is 0. The van der Waals surface area contributed by atoms with Crippen molar-refractivity contribution in [2.24, 2.45) is 5.92 Å². The van der Waals surface area contributed by atoms with Gasteiger partial charge in [-0.2, -0.15) is 0 Å². The molecule has 0 amide bonds. The average Bonchev–Trinajstić information content (AvgIpc) is 2.00. The lowest BCUT2D eigenvalue weighted by Gasteiger charge is -2.02. The molecular weight excluding hydrogens is 144 g/mol. The molecule has 1 unspecified atom stereocenters. The van der Waals surface area contributed by atoms with E-state index in [0.29, 0.717) is 5.92 Å². The maximum atomic E-state index is 3.64. The number of hydrogen-bond donors (Lipinski definition) is 0. The highest BCUT2D eigenvalue weighted by molar-refractivity contribution is 5.00. The number of allylic oxidation sites excluding steroid dienone is 5. The van der Waals surface area contributed by atoms with Crippen LogP contribution in [-0.2, 0) is 0 Å². The van der Waals surface area contributed by atoms with Crippen LogP contribution in [0.1, 0.15) is 33.6 Å². The highest BCUT2D eigenvalue weighted by atomic mass is 14.0. The van der Waals surface area contributed by atoms with E-state index in [0.717, 1.165) is 0 Å². The smallest absolute Gasteiger partial charge is 0.0256 e. The third-order valence-electron chi connectivity index (χ3n) is 1.75. The Morgan fingerprint density at radius 1 is 1.42 bits per heavy atom. The van der Waals surface area contributed by atoms with Crippen LogP contribution in [0.5, 0.6) is 0 Å². The molecule has 1 atom stereocenters. The Kier molecular flexibility index (Phi) is 6.45. The Balaban J connectivity index is 3.57. The van der Waals surface area contributed by atoms with E-state index in [1.54, 1.807) is 0 Å². The fourth-order valence-electron chi connectivity index (χ4n) is 0.999.